The molecule has 124 valence electrons. The highest BCUT2D eigenvalue weighted by atomic mass is 79.9. The summed E-state index contributed by atoms with van der Waals surface area (Å²) >= 11 is 3.40. The molecule has 3 aromatic rings. The zero-order valence-electron chi connectivity index (χ0n) is 13.1. The molecule has 0 bridgehead atoms. The molecule has 1 aliphatic carbocycles. The number of hydrogen-bond donors (Lipinski definition) is 2. The minimum atomic E-state index is -0.149. The van der Waals surface area contributed by atoms with Crippen LogP contribution in [0.2, 0.25) is 0 Å². The number of pyridine rings is 1. The molecule has 3 aromatic heterocycles. The molecule has 0 saturated heterocycles. The minimum absolute atomic E-state index is 0.149. The van der Waals surface area contributed by atoms with Crippen LogP contribution in [0.15, 0.2) is 41.3 Å². The predicted octanol–water partition coefficient (Wildman–Crippen LogP) is 3.27. The second kappa shape index (κ2) is 6.49. The number of imidazole rings is 1. The van der Waals surface area contributed by atoms with Gasteiger partial charge in [-0.15, -0.1) is 5.10 Å². The van der Waals surface area contributed by atoms with Crippen molar-refractivity contribution < 1.29 is 5.11 Å². The number of aromatic nitrogens is 4. The smallest absolute Gasteiger partial charge is 0.154 e. The number of rotatable bonds is 3. The van der Waals surface area contributed by atoms with Crippen LogP contribution < -0.4 is 5.32 Å². The fourth-order valence-corrected chi connectivity index (χ4v) is 3.50. The van der Waals surface area contributed by atoms with Gasteiger partial charge >= 0.3 is 0 Å². The van der Waals surface area contributed by atoms with Crippen molar-refractivity contribution in [3.8, 4) is 11.3 Å². The maximum Gasteiger partial charge on any atom is 0.154 e. The van der Waals surface area contributed by atoms with Gasteiger partial charge in [-0.25, -0.2) is 14.5 Å². The van der Waals surface area contributed by atoms with Gasteiger partial charge in [0.05, 0.1) is 18.0 Å². The molecule has 2 N–H and O–H groups in total. The first-order valence-corrected chi connectivity index (χ1v) is 8.89. The Morgan fingerprint density at radius 1 is 1.12 bits per heavy atom. The fraction of sp³-hybridized carbons (Fsp3) is 0.353. The standard InChI is InChI=1S/C17H18BrN5O/c18-15-9-11(7-8-19-15)14-10-20-17-6-5-16(22-23(14)17)21-12-1-3-13(24)4-2-12/h5-10,12-13,24H,1-4H2,(H,21,22)/t12-,13-. The summed E-state index contributed by atoms with van der Waals surface area (Å²) in [5, 5.41) is 17.8. The molecular weight excluding hydrogens is 370 g/mol. The summed E-state index contributed by atoms with van der Waals surface area (Å²) in [6.45, 7) is 0. The average molecular weight is 388 g/mol. The first-order chi connectivity index (χ1) is 11.7. The number of fused-ring (bicyclic) bond motifs is 1. The molecular formula is C17H18BrN5O. The van der Waals surface area contributed by atoms with Crippen LogP contribution >= 0.6 is 15.9 Å². The molecule has 7 heteroatoms. The van der Waals surface area contributed by atoms with E-state index in [9.17, 15) is 5.11 Å². The molecule has 24 heavy (non-hydrogen) atoms. The molecule has 1 aliphatic rings. The van der Waals surface area contributed by atoms with Crippen molar-refractivity contribution in [2.24, 2.45) is 0 Å². The highest BCUT2D eigenvalue weighted by Gasteiger charge is 2.19. The lowest BCUT2D eigenvalue weighted by Gasteiger charge is -2.26. The topological polar surface area (TPSA) is 75.3 Å². The molecule has 4 rings (SSSR count). The van der Waals surface area contributed by atoms with Crippen LogP contribution in [0.5, 0.6) is 0 Å². The Morgan fingerprint density at radius 3 is 2.75 bits per heavy atom. The van der Waals surface area contributed by atoms with Gasteiger partial charge in [0.2, 0.25) is 0 Å². The zero-order valence-corrected chi connectivity index (χ0v) is 14.6. The quantitative estimate of drug-likeness (QED) is 0.674. The predicted molar refractivity (Wildman–Crippen MR) is 95.8 cm³/mol. The van der Waals surface area contributed by atoms with Crippen molar-refractivity contribution in [1.82, 2.24) is 19.6 Å². The summed E-state index contributed by atoms with van der Waals surface area (Å²) in [5.74, 6) is 0.830. The van der Waals surface area contributed by atoms with Crippen LogP contribution in [0.3, 0.4) is 0 Å². The maximum absolute atomic E-state index is 9.63. The Labute approximate surface area is 148 Å². The second-order valence-electron chi connectivity index (χ2n) is 6.15. The van der Waals surface area contributed by atoms with E-state index in [2.05, 4.69) is 31.2 Å². The van der Waals surface area contributed by atoms with Crippen molar-refractivity contribution in [3.05, 3.63) is 41.3 Å². The van der Waals surface area contributed by atoms with Gasteiger partial charge in [0.15, 0.2) is 5.65 Å². The molecule has 0 atom stereocenters. The maximum atomic E-state index is 9.63. The lowest BCUT2D eigenvalue weighted by molar-refractivity contribution is 0.126. The zero-order chi connectivity index (χ0) is 16.5. The summed E-state index contributed by atoms with van der Waals surface area (Å²) < 4.78 is 2.63. The fourth-order valence-electron chi connectivity index (χ4n) is 3.14. The summed E-state index contributed by atoms with van der Waals surface area (Å²) in [5.41, 5.74) is 2.74. The molecule has 0 aliphatic heterocycles. The molecule has 0 radical (unpaired) electrons. The molecule has 0 unspecified atom stereocenters. The largest absolute Gasteiger partial charge is 0.393 e. The highest BCUT2D eigenvalue weighted by Crippen LogP contribution is 2.24. The number of anilines is 1. The van der Waals surface area contributed by atoms with Gasteiger partial charge in [0.25, 0.3) is 0 Å². The van der Waals surface area contributed by atoms with Gasteiger partial charge in [-0.1, -0.05) is 0 Å². The van der Waals surface area contributed by atoms with E-state index in [0.717, 1.165) is 53.0 Å². The molecule has 1 saturated carbocycles. The Hall–Kier alpha value is -1.99. The monoisotopic (exact) mass is 387 g/mol. The van der Waals surface area contributed by atoms with Crippen LogP contribution in [0.1, 0.15) is 25.7 Å². The van der Waals surface area contributed by atoms with Crippen molar-refractivity contribution >= 4 is 27.4 Å². The van der Waals surface area contributed by atoms with Gasteiger partial charge in [-0.05, 0) is 65.9 Å². The van der Waals surface area contributed by atoms with E-state index in [1.54, 1.807) is 6.20 Å². The summed E-state index contributed by atoms with van der Waals surface area (Å²) in [6, 6.07) is 8.18. The average Bonchev–Trinajstić information content (AvgIpc) is 3.00. The third kappa shape index (κ3) is 3.14. The van der Waals surface area contributed by atoms with E-state index in [-0.39, 0.29) is 6.10 Å². The lowest BCUT2D eigenvalue weighted by atomic mass is 9.93. The summed E-state index contributed by atoms with van der Waals surface area (Å²) in [7, 11) is 0. The Balaban J connectivity index is 1.63. The van der Waals surface area contributed by atoms with Crippen molar-refractivity contribution in [1.29, 1.82) is 0 Å². The SMILES string of the molecule is O[C@H]1CC[C@H](Nc2ccc3ncc(-c4ccnc(Br)c4)n3n2)CC1. The third-order valence-corrected chi connectivity index (χ3v) is 4.87. The lowest BCUT2D eigenvalue weighted by Crippen LogP contribution is -2.28. The number of aliphatic hydroxyl groups is 1. The first-order valence-electron chi connectivity index (χ1n) is 8.10. The van der Waals surface area contributed by atoms with E-state index in [1.165, 1.54) is 0 Å². The molecule has 1 fully saturated rings. The van der Waals surface area contributed by atoms with E-state index in [4.69, 9.17) is 5.10 Å². The van der Waals surface area contributed by atoms with Crippen LogP contribution in [0, 0.1) is 0 Å². The molecule has 0 spiro atoms. The number of aliphatic hydroxyl groups excluding tert-OH is 1. The second-order valence-corrected chi connectivity index (χ2v) is 6.96. The highest BCUT2D eigenvalue weighted by molar-refractivity contribution is 9.10. The number of hydrogen-bond acceptors (Lipinski definition) is 5. The van der Waals surface area contributed by atoms with Crippen LogP contribution in [0.25, 0.3) is 16.9 Å². The van der Waals surface area contributed by atoms with Gasteiger partial charge in [0.1, 0.15) is 10.4 Å². The molecule has 0 amide bonds. The number of nitrogens with zero attached hydrogens (tertiary/aromatic N) is 4. The Bertz CT molecular complexity index is 857. The van der Waals surface area contributed by atoms with Gasteiger partial charge in [-0.2, -0.15) is 0 Å². The normalized spacial score (nSPS) is 21.1. The van der Waals surface area contributed by atoms with E-state index in [1.807, 2.05) is 35.0 Å². The van der Waals surface area contributed by atoms with Crippen LogP contribution in [-0.2, 0) is 0 Å². The van der Waals surface area contributed by atoms with E-state index < -0.39 is 0 Å². The summed E-state index contributed by atoms with van der Waals surface area (Å²) in [4.78, 5) is 8.59. The van der Waals surface area contributed by atoms with Crippen molar-refractivity contribution in [2.45, 2.75) is 37.8 Å². The Kier molecular flexibility index (Phi) is 4.20. The third-order valence-electron chi connectivity index (χ3n) is 4.43. The summed E-state index contributed by atoms with van der Waals surface area (Å²) in [6.07, 6.45) is 7.06. The van der Waals surface area contributed by atoms with E-state index >= 15 is 0 Å². The number of halogens is 1. The van der Waals surface area contributed by atoms with Crippen LogP contribution in [-0.4, -0.2) is 36.8 Å². The van der Waals surface area contributed by atoms with Gasteiger partial charge in [0, 0.05) is 17.8 Å². The number of nitrogens with one attached hydrogen (secondary N) is 1. The van der Waals surface area contributed by atoms with Crippen molar-refractivity contribution in [3.63, 3.8) is 0 Å². The minimum Gasteiger partial charge on any atom is -0.393 e. The van der Waals surface area contributed by atoms with E-state index in [0.29, 0.717) is 6.04 Å². The first kappa shape index (κ1) is 15.5. The van der Waals surface area contributed by atoms with Crippen LogP contribution in [0.4, 0.5) is 5.82 Å². The molecule has 6 nitrogen and oxygen atoms in total. The van der Waals surface area contributed by atoms with Gasteiger partial charge < -0.3 is 10.4 Å². The van der Waals surface area contributed by atoms with Crippen molar-refractivity contribution in [2.75, 3.05) is 5.32 Å². The molecule has 0 aromatic carbocycles. The van der Waals surface area contributed by atoms with Gasteiger partial charge in [-0.3, -0.25) is 0 Å². The Morgan fingerprint density at radius 2 is 1.96 bits per heavy atom. The molecule has 3 heterocycles.